The lowest BCUT2D eigenvalue weighted by Crippen LogP contribution is -2.38. The summed E-state index contributed by atoms with van der Waals surface area (Å²) in [7, 11) is 0. The van der Waals surface area contributed by atoms with Crippen LogP contribution in [0.5, 0.6) is 5.75 Å². The number of ether oxygens (including phenoxy) is 2. The number of halogens is 1. The molecule has 1 heterocycles. The molecule has 0 amide bonds. The van der Waals surface area contributed by atoms with Gasteiger partial charge in [-0.2, -0.15) is 0 Å². The second-order valence-electron chi connectivity index (χ2n) is 4.50. The highest BCUT2D eigenvalue weighted by atomic mass is 35.5. The Balaban J connectivity index is 1.89. The lowest BCUT2D eigenvalue weighted by molar-refractivity contribution is 0.0322. The van der Waals surface area contributed by atoms with Gasteiger partial charge in [-0.15, -0.1) is 0 Å². The third-order valence-corrected chi connectivity index (χ3v) is 3.32. The van der Waals surface area contributed by atoms with Crippen LogP contribution in [0.2, 0.25) is 5.02 Å². The molecule has 0 bridgehead atoms. The molecule has 1 saturated heterocycles. The van der Waals surface area contributed by atoms with Crippen LogP contribution in [0.4, 0.5) is 0 Å². The second kappa shape index (κ2) is 6.89. The third kappa shape index (κ3) is 4.20. The number of benzene rings is 1. The normalized spacial score (nSPS) is 16.3. The molecule has 0 saturated carbocycles. The summed E-state index contributed by atoms with van der Waals surface area (Å²) in [5, 5.41) is 0.547. The van der Waals surface area contributed by atoms with Gasteiger partial charge in [-0.25, -0.2) is 0 Å². The Hall–Kier alpha value is -1.10. The molecule has 0 radical (unpaired) electrons. The van der Waals surface area contributed by atoms with Gasteiger partial charge in [0.1, 0.15) is 12.4 Å². The van der Waals surface area contributed by atoms with Gasteiger partial charge in [0.05, 0.1) is 18.8 Å². The van der Waals surface area contributed by atoms with Crippen LogP contribution in [-0.4, -0.2) is 50.1 Å². The molecule has 1 aromatic carbocycles. The average Bonchev–Trinajstić information content (AvgIpc) is 2.41. The predicted molar refractivity (Wildman–Crippen MR) is 74.2 cm³/mol. The molecule has 1 aliphatic rings. The minimum Gasteiger partial charge on any atom is -0.491 e. The van der Waals surface area contributed by atoms with Gasteiger partial charge < -0.3 is 9.47 Å². The molecule has 0 unspecified atom stereocenters. The van der Waals surface area contributed by atoms with Crippen LogP contribution in [0.1, 0.15) is 17.3 Å². The van der Waals surface area contributed by atoms with Gasteiger partial charge in [-0.3, -0.25) is 9.69 Å². The van der Waals surface area contributed by atoms with Crippen LogP contribution in [0.3, 0.4) is 0 Å². The van der Waals surface area contributed by atoms with Crippen molar-refractivity contribution in [2.75, 3.05) is 39.5 Å². The summed E-state index contributed by atoms with van der Waals surface area (Å²) in [6.07, 6.45) is 0. The van der Waals surface area contributed by atoms with Crippen molar-refractivity contribution in [3.63, 3.8) is 0 Å². The number of ketones is 1. The average molecular weight is 284 g/mol. The maximum absolute atomic E-state index is 11.5. The van der Waals surface area contributed by atoms with E-state index < -0.39 is 0 Å². The molecule has 0 aromatic heterocycles. The summed E-state index contributed by atoms with van der Waals surface area (Å²) >= 11 is 5.89. The van der Waals surface area contributed by atoms with Crippen molar-refractivity contribution in [1.29, 1.82) is 0 Å². The Kier molecular flexibility index (Phi) is 5.19. The highest BCUT2D eigenvalue weighted by Crippen LogP contribution is 2.23. The highest BCUT2D eigenvalue weighted by Gasteiger charge is 2.12. The van der Waals surface area contributed by atoms with Gasteiger partial charge in [0.25, 0.3) is 0 Å². The van der Waals surface area contributed by atoms with Crippen LogP contribution in [0.15, 0.2) is 18.2 Å². The molecule has 2 rings (SSSR count). The Labute approximate surface area is 118 Å². The van der Waals surface area contributed by atoms with E-state index in [1.54, 1.807) is 18.2 Å². The van der Waals surface area contributed by atoms with Crippen molar-refractivity contribution in [3.05, 3.63) is 28.8 Å². The van der Waals surface area contributed by atoms with E-state index in [1.807, 2.05) is 0 Å². The minimum absolute atomic E-state index is 0.0381. The fourth-order valence-corrected chi connectivity index (χ4v) is 2.18. The Bertz CT molecular complexity index is 444. The fourth-order valence-electron chi connectivity index (χ4n) is 2.01. The number of morpholine rings is 1. The van der Waals surface area contributed by atoms with E-state index in [0.29, 0.717) is 22.9 Å². The van der Waals surface area contributed by atoms with E-state index in [9.17, 15) is 4.79 Å². The molecule has 4 nitrogen and oxygen atoms in total. The molecule has 1 aromatic rings. The molecule has 0 N–H and O–H groups in total. The van der Waals surface area contributed by atoms with E-state index in [-0.39, 0.29) is 5.78 Å². The molecule has 104 valence electrons. The summed E-state index contributed by atoms with van der Waals surface area (Å²) < 4.78 is 11.0. The fraction of sp³-hybridized carbons (Fsp3) is 0.500. The summed E-state index contributed by atoms with van der Waals surface area (Å²) in [5.74, 6) is 0.564. The first-order chi connectivity index (χ1) is 9.16. The Morgan fingerprint density at radius 2 is 2.16 bits per heavy atom. The van der Waals surface area contributed by atoms with Gasteiger partial charge in [-0.1, -0.05) is 11.6 Å². The summed E-state index contributed by atoms with van der Waals surface area (Å²) in [6, 6.07) is 5.13. The molecule has 0 spiro atoms. The number of carbonyl (C=O) groups is 1. The maximum atomic E-state index is 11.5. The SMILES string of the molecule is CC(=O)c1cc(Cl)ccc1OCCN1CCOCC1. The van der Waals surface area contributed by atoms with Gasteiger partial charge in [0, 0.05) is 24.7 Å². The van der Waals surface area contributed by atoms with Gasteiger partial charge in [-0.05, 0) is 25.1 Å². The predicted octanol–water partition coefficient (Wildman–Crippen LogP) is 2.25. The molecule has 0 atom stereocenters. The van der Waals surface area contributed by atoms with Crippen LogP contribution in [0, 0.1) is 0 Å². The number of hydrogen-bond acceptors (Lipinski definition) is 4. The van der Waals surface area contributed by atoms with Crippen LogP contribution < -0.4 is 4.74 Å². The number of rotatable bonds is 5. The van der Waals surface area contributed by atoms with Crippen molar-refractivity contribution < 1.29 is 14.3 Å². The van der Waals surface area contributed by atoms with Gasteiger partial charge in [0.15, 0.2) is 5.78 Å². The van der Waals surface area contributed by atoms with E-state index in [2.05, 4.69) is 4.90 Å². The standard InChI is InChI=1S/C14H18ClNO3/c1-11(17)13-10-12(15)2-3-14(13)19-9-6-16-4-7-18-8-5-16/h2-3,10H,4-9H2,1H3. The number of Topliss-reactive ketones (excluding diaryl/α,β-unsaturated/α-hetero) is 1. The summed E-state index contributed by atoms with van der Waals surface area (Å²) in [5.41, 5.74) is 0.537. The Morgan fingerprint density at radius 3 is 2.84 bits per heavy atom. The molecule has 1 fully saturated rings. The first-order valence-electron chi connectivity index (χ1n) is 6.40. The maximum Gasteiger partial charge on any atom is 0.163 e. The lowest BCUT2D eigenvalue weighted by Gasteiger charge is -2.26. The molecule has 5 heteroatoms. The van der Waals surface area contributed by atoms with Gasteiger partial charge >= 0.3 is 0 Å². The largest absolute Gasteiger partial charge is 0.491 e. The van der Waals surface area contributed by atoms with E-state index in [0.717, 1.165) is 32.8 Å². The van der Waals surface area contributed by atoms with E-state index in [1.165, 1.54) is 6.92 Å². The minimum atomic E-state index is -0.0381. The Morgan fingerprint density at radius 1 is 1.42 bits per heavy atom. The summed E-state index contributed by atoms with van der Waals surface area (Å²) in [4.78, 5) is 13.8. The zero-order valence-electron chi connectivity index (χ0n) is 11.0. The lowest BCUT2D eigenvalue weighted by atomic mass is 10.1. The second-order valence-corrected chi connectivity index (χ2v) is 4.94. The molecular weight excluding hydrogens is 266 g/mol. The van der Waals surface area contributed by atoms with E-state index in [4.69, 9.17) is 21.1 Å². The molecule has 19 heavy (non-hydrogen) atoms. The summed E-state index contributed by atoms with van der Waals surface area (Å²) in [6.45, 7) is 6.33. The highest BCUT2D eigenvalue weighted by molar-refractivity contribution is 6.31. The number of carbonyl (C=O) groups excluding carboxylic acids is 1. The van der Waals surface area contributed by atoms with Crippen LogP contribution >= 0.6 is 11.6 Å². The molecular formula is C14H18ClNO3. The zero-order chi connectivity index (χ0) is 13.7. The monoisotopic (exact) mass is 283 g/mol. The van der Waals surface area contributed by atoms with Crippen molar-refractivity contribution in [1.82, 2.24) is 4.90 Å². The zero-order valence-corrected chi connectivity index (χ0v) is 11.8. The van der Waals surface area contributed by atoms with Crippen LogP contribution in [-0.2, 0) is 4.74 Å². The van der Waals surface area contributed by atoms with Crippen molar-refractivity contribution in [2.45, 2.75) is 6.92 Å². The topological polar surface area (TPSA) is 38.8 Å². The quantitative estimate of drug-likeness (QED) is 0.777. The van der Waals surface area contributed by atoms with Crippen molar-refractivity contribution in [2.24, 2.45) is 0 Å². The van der Waals surface area contributed by atoms with Crippen molar-refractivity contribution in [3.8, 4) is 5.75 Å². The van der Waals surface area contributed by atoms with Crippen LogP contribution in [0.25, 0.3) is 0 Å². The number of hydrogen-bond donors (Lipinski definition) is 0. The van der Waals surface area contributed by atoms with E-state index >= 15 is 0 Å². The third-order valence-electron chi connectivity index (χ3n) is 3.09. The first kappa shape index (κ1) is 14.3. The van der Waals surface area contributed by atoms with Gasteiger partial charge in [0.2, 0.25) is 0 Å². The molecule has 1 aliphatic heterocycles. The number of nitrogens with zero attached hydrogens (tertiary/aromatic N) is 1. The smallest absolute Gasteiger partial charge is 0.163 e. The molecule has 0 aliphatic carbocycles. The first-order valence-corrected chi connectivity index (χ1v) is 6.78. The van der Waals surface area contributed by atoms with Crippen molar-refractivity contribution >= 4 is 17.4 Å².